The predicted octanol–water partition coefficient (Wildman–Crippen LogP) is 3.67. The lowest BCUT2D eigenvalue weighted by atomic mass is 10.1. The number of hydrazine groups is 1. The molecule has 1 aliphatic rings. The van der Waals surface area contributed by atoms with Gasteiger partial charge in [-0.05, 0) is 51.3 Å². The molecule has 0 spiro atoms. The molecule has 5 amide bonds. The molecule has 0 unspecified atom stereocenters. The van der Waals surface area contributed by atoms with Gasteiger partial charge in [0.05, 0.1) is 12.3 Å². The lowest BCUT2D eigenvalue weighted by Crippen LogP contribution is -2.59. The van der Waals surface area contributed by atoms with E-state index in [0.29, 0.717) is 25.9 Å². The summed E-state index contributed by atoms with van der Waals surface area (Å²) in [5, 5.41) is 3.23. The minimum absolute atomic E-state index is 0.0495. The molecule has 1 fully saturated rings. The number of nitrogens with one attached hydrogen (secondary N) is 2. The van der Waals surface area contributed by atoms with Gasteiger partial charge in [0.15, 0.2) is 5.76 Å². The van der Waals surface area contributed by atoms with E-state index in [4.69, 9.17) is 13.9 Å². The van der Waals surface area contributed by atoms with Crippen molar-refractivity contribution < 1.29 is 33.1 Å². The second-order valence-corrected chi connectivity index (χ2v) is 8.98. The van der Waals surface area contributed by atoms with Crippen molar-refractivity contribution in [2.24, 2.45) is 0 Å². The molecule has 0 saturated carbocycles. The summed E-state index contributed by atoms with van der Waals surface area (Å²) in [5.41, 5.74) is 2.51. The molecular formula is C24H30N4O7. The van der Waals surface area contributed by atoms with Crippen LogP contribution in [0, 0.1) is 0 Å². The van der Waals surface area contributed by atoms with E-state index in [1.807, 2.05) is 30.3 Å². The number of nitrogens with zero attached hydrogens (tertiary/aromatic N) is 2. The van der Waals surface area contributed by atoms with Crippen LogP contribution >= 0.6 is 0 Å². The van der Waals surface area contributed by atoms with Crippen molar-refractivity contribution in [2.75, 3.05) is 13.1 Å². The van der Waals surface area contributed by atoms with E-state index in [0.717, 1.165) is 10.6 Å². The predicted molar refractivity (Wildman–Crippen MR) is 124 cm³/mol. The number of carbonyl (C=O) groups is 4. The number of rotatable bonds is 4. The number of hydrogen-bond acceptors (Lipinski definition) is 7. The Morgan fingerprint density at radius 1 is 1.06 bits per heavy atom. The topological polar surface area (TPSA) is 130 Å². The van der Waals surface area contributed by atoms with E-state index in [2.05, 4.69) is 10.7 Å². The summed E-state index contributed by atoms with van der Waals surface area (Å²) >= 11 is 0. The molecule has 1 aliphatic heterocycles. The van der Waals surface area contributed by atoms with E-state index in [1.165, 1.54) is 23.3 Å². The Hall–Kier alpha value is -4.02. The summed E-state index contributed by atoms with van der Waals surface area (Å²) in [5.74, 6) is -0.801. The van der Waals surface area contributed by atoms with Gasteiger partial charge in [-0.2, -0.15) is 0 Å². The fourth-order valence-corrected chi connectivity index (χ4v) is 3.45. The third-order valence-electron chi connectivity index (χ3n) is 5.09. The maximum Gasteiger partial charge on any atom is 0.426 e. The molecule has 11 nitrogen and oxygen atoms in total. The number of furan rings is 1. The Morgan fingerprint density at radius 3 is 2.34 bits per heavy atom. The van der Waals surface area contributed by atoms with Crippen LogP contribution in [0.1, 0.15) is 49.7 Å². The van der Waals surface area contributed by atoms with Gasteiger partial charge in [0.2, 0.25) is 0 Å². The van der Waals surface area contributed by atoms with Gasteiger partial charge in [-0.3, -0.25) is 10.1 Å². The van der Waals surface area contributed by atoms with E-state index < -0.39 is 35.8 Å². The highest BCUT2D eigenvalue weighted by atomic mass is 16.6. The first-order chi connectivity index (χ1) is 16.6. The van der Waals surface area contributed by atoms with E-state index in [-0.39, 0.29) is 12.4 Å². The van der Waals surface area contributed by atoms with Crippen LogP contribution in [0.3, 0.4) is 0 Å². The number of benzene rings is 1. The van der Waals surface area contributed by atoms with E-state index >= 15 is 0 Å². The normalized spacial score (nSPS) is 14.1. The smallest absolute Gasteiger partial charge is 0.426 e. The summed E-state index contributed by atoms with van der Waals surface area (Å²) in [7, 11) is 0. The van der Waals surface area contributed by atoms with Crippen molar-refractivity contribution in [2.45, 2.75) is 51.9 Å². The van der Waals surface area contributed by atoms with Gasteiger partial charge >= 0.3 is 18.2 Å². The number of likely N-dealkylation sites (tertiary alicyclic amines) is 1. The molecule has 0 bridgehead atoms. The lowest BCUT2D eigenvalue weighted by molar-refractivity contribution is 0.0237. The first-order valence-electron chi connectivity index (χ1n) is 11.3. The molecule has 188 valence electrons. The van der Waals surface area contributed by atoms with Crippen LogP contribution in [0.4, 0.5) is 14.4 Å². The molecule has 1 aromatic heterocycles. The number of carbonyl (C=O) groups excluding carboxylic acids is 4. The molecule has 0 atom stereocenters. The molecule has 2 N–H and O–H groups in total. The Morgan fingerprint density at radius 2 is 1.74 bits per heavy atom. The third-order valence-corrected chi connectivity index (χ3v) is 5.09. The lowest BCUT2D eigenvalue weighted by Gasteiger charge is -2.37. The fourth-order valence-electron chi connectivity index (χ4n) is 3.45. The third kappa shape index (κ3) is 7.76. The van der Waals surface area contributed by atoms with Crippen molar-refractivity contribution >= 4 is 24.1 Å². The number of ether oxygens (including phenoxy) is 2. The number of imide groups is 1. The molecule has 2 aromatic rings. The molecule has 35 heavy (non-hydrogen) atoms. The maximum absolute atomic E-state index is 12.9. The van der Waals surface area contributed by atoms with Crippen LogP contribution in [-0.4, -0.2) is 58.8 Å². The monoisotopic (exact) mass is 486 g/mol. The zero-order valence-electron chi connectivity index (χ0n) is 20.0. The molecule has 3 rings (SSSR count). The Labute approximate surface area is 203 Å². The Kier molecular flexibility index (Phi) is 8.34. The van der Waals surface area contributed by atoms with E-state index in [9.17, 15) is 19.2 Å². The van der Waals surface area contributed by atoms with Gasteiger partial charge in [0, 0.05) is 13.1 Å². The van der Waals surface area contributed by atoms with Gasteiger partial charge in [-0.15, -0.1) is 0 Å². The number of hydrogen-bond donors (Lipinski definition) is 2. The van der Waals surface area contributed by atoms with Crippen LogP contribution in [0.25, 0.3) is 0 Å². The first kappa shape index (κ1) is 25.6. The molecular weight excluding hydrogens is 456 g/mol. The summed E-state index contributed by atoms with van der Waals surface area (Å²) in [6, 6.07) is 10.9. The molecule has 2 heterocycles. The highest BCUT2D eigenvalue weighted by Crippen LogP contribution is 2.18. The highest BCUT2D eigenvalue weighted by molar-refractivity contribution is 6.02. The van der Waals surface area contributed by atoms with Crippen LogP contribution in [0.2, 0.25) is 0 Å². The van der Waals surface area contributed by atoms with Crippen molar-refractivity contribution in [1.29, 1.82) is 0 Å². The van der Waals surface area contributed by atoms with Crippen LogP contribution in [0.15, 0.2) is 53.1 Å². The van der Waals surface area contributed by atoms with Crippen molar-refractivity contribution in [3.05, 3.63) is 60.1 Å². The summed E-state index contributed by atoms with van der Waals surface area (Å²) < 4.78 is 15.6. The fraction of sp³-hybridized carbons (Fsp3) is 0.417. The van der Waals surface area contributed by atoms with Gasteiger partial charge in [-0.25, -0.2) is 24.8 Å². The second kappa shape index (κ2) is 11.4. The summed E-state index contributed by atoms with van der Waals surface area (Å²) in [4.78, 5) is 51.6. The van der Waals surface area contributed by atoms with Crippen LogP contribution in [0.5, 0.6) is 0 Å². The van der Waals surface area contributed by atoms with E-state index in [1.54, 1.807) is 20.8 Å². The largest absolute Gasteiger partial charge is 0.459 e. The number of piperidine rings is 1. The molecule has 11 heteroatoms. The van der Waals surface area contributed by atoms with Gasteiger partial charge in [-0.1, -0.05) is 30.3 Å². The highest BCUT2D eigenvalue weighted by Gasteiger charge is 2.33. The number of amides is 5. The van der Waals surface area contributed by atoms with Gasteiger partial charge in [0.25, 0.3) is 5.91 Å². The average molecular weight is 487 g/mol. The first-order valence-corrected chi connectivity index (χ1v) is 11.3. The zero-order valence-corrected chi connectivity index (χ0v) is 20.0. The van der Waals surface area contributed by atoms with Gasteiger partial charge < -0.3 is 18.8 Å². The average Bonchev–Trinajstić information content (AvgIpc) is 3.36. The molecule has 1 saturated heterocycles. The van der Waals surface area contributed by atoms with Crippen LogP contribution in [-0.2, 0) is 16.1 Å². The molecule has 0 aliphatic carbocycles. The minimum atomic E-state index is -0.845. The van der Waals surface area contributed by atoms with Crippen molar-refractivity contribution in [1.82, 2.24) is 20.7 Å². The quantitative estimate of drug-likeness (QED) is 0.631. The summed E-state index contributed by atoms with van der Waals surface area (Å²) in [6.07, 6.45) is 0.694. The van der Waals surface area contributed by atoms with Crippen molar-refractivity contribution in [3.63, 3.8) is 0 Å². The molecule has 1 aromatic carbocycles. The SMILES string of the molecule is CC(C)(C)OC(=O)NN(C(=O)NC(=O)c1ccco1)C1CCN(C(=O)OCc2ccccc2)CC1. The standard InChI is InChI=1S/C24H30N4O7/c1-24(2,3)35-22(31)26-28(21(30)25-20(29)19-10-7-15-33-19)18-11-13-27(14-12-18)23(32)34-16-17-8-5-4-6-9-17/h4-10,15,18H,11-14,16H2,1-3H3,(H,26,31)(H,25,29,30). The maximum atomic E-state index is 12.9. The van der Waals surface area contributed by atoms with Gasteiger partial charge in [0.1, 0.15) is 12.2 Å². The number of urea groups is 1. The Bertz CT molecular complexity index is 1010. The zero-order chi connectivity index (χ0) is 25.4. The van der Waals surface area contributed by atoms with Crippen molar-refractivity contribution in [3.8, 4) is 0 Å². The minimum Gasteiger partial charge on any atom is -0.459 e. The molecule has 0 radical (unpaired) electrons. The van der Waals surface area contributed by atoms with Crippen LogP contribution < -0.4 is 10.7 Å². The summed E-state index contributed by atoms with van der Waals surface area (Å²) in [6.45, 7) is 5.82. The Balaban J connectivity index is 1.60. The second-order valence-electron chi connectivity index (χ2n) is 8.98.